The Morgan fingerprint density at radius 2 is 1.69 bits per heavy atom. The minimum atomic E-state index is -1.19. The number of hydrogen-bond acceptors (Lipinski definition) is 2. The summed E-state index contributed by atoms with van der Waals surface area (Å²) in [4.78, 5) is 10.8. The fraction of sp³-hybridized carbons (Fsp3) is 0.846. The van der Waals surface area contributed by atoms with Crippen LogP contribution in [-0.2, 0) is 4.79 Å². The van der Waals surface area contributed by atoms with Crippen molar-refractivity contribution in [3.05, 3.63) is 0 Å². The maximum absolute atomic E-state index is 10.8. The first-order valence-corrected chi connectivity index (χ1v) is 6.21. The lowest BCUT2D eigenvalue weighted by atomic mass is 9.86. The molecule has 0 aliphatic rings. The molecule has 0 rings (SSSR count). The number of hydrogen-bond donors (Lipinski definition) is 1. The highest BCUT2D eigenvalue weighted by molar-refractivity contribution is 5.77. The molecule has 0 saturated heterocycles. The van der Waals surface area contributed by atoms with Crippen molar-refractivity contribution in [2.45, 2.75) is 65.2 Å². The van der Waals surface area contributed by atoms with Gasteiger partial charge in [-0.2, -0.15) is 5.26 Å². The van der Waals surface area contributed by atoms with Gasteiger partial charge in [-0.3, -0.25) is 4.79 Å². The van der Waals surface area contributed by atoms with Crippen LogP contribution in [0.25, 0.3) is 0 Å². The first kappa shape index (κ1) is 15.0. The molecule has 3 nitrogen and oxygen atoms in total. The summed E-state index contributed by atoms with van der Waals surface area (Å²) in [6, 6.07) is 1.89. The van der Waals surface area contributed by atoms with Crippen molar-refractivity contribution in [3.8, 4) is 6.07 Å². The summed E-state index contributed by atoms with van der Waals surface area (Å²) < 4.78 is 0. The lowest BCUT2D eigenvalue weighted by Gasteiger charge is -2.15. The maximum atomic E-state index is 10.8. The van der Waals surface area contributed by atoms with E-state index in [9.17, 15) is 4.79 Å². The van der Waals surface area contributed by atoms with Crippen LogP contribution in [0.1, 0.15) is 65.2 Å². The van der Waals surface area contributed by atoms with E-state index in [4.69, 9.17) is 10.4 Å². The Labute approximate surface area is 98.5 Å². The van der Waals surface area contributed by atoms with Crippen molar-refractivity contribution in [3.63, 3.8) is 0 Å². The zero-order valence-electron chi connectivity index (χ0n) is 10.5. The minimum Gasteiger partial charge on any atom is -0.480 e. The van der Waals surface area contributed by atoms with E-state index in [-0.39, 0.29) is 0 Å². The van der Waals surface area contributed by atoms with E-state index >= 15 is 0 Å². The van der Waals surface area contributed by atoms with Crippen LogP contribution in [0.3, 0.4) is 0 Å². The summed E-state index contributed by atoms with van der Waals surface area (Å²) in [7, 11) is 0. The third-order valence-corrected chi connectivity index (χ3v) is 3.00. The standard InChI is InChI=1S/C13H23NO2/c1-3-4-5-6-7-8-9-10-13(2,11-14)12(15)16/h3-10H2,1-2H3,(H,15,16)/t13-/m1/s1. The molecule has 0 heterocycles. The van der Waals surface area contributed by atoms with Crippen molar-refractivity contribution in [2.75, 3.05) is 0 Å². The average Bonchev–Trinajstić information content (AvgIpc) is 2.27. The third-order valence-electron chi connectivity index (χ3n) is 3.00. The topological polar surface area (TPSA) is 61.1 Å². The predicted octanol–water partition coefficient (Wildman–Crippen LogP) is 3.74. The first-order valence-electron chi connectivity index (χ1n) is 6.21. The molecule has 0 bridgehead atoms. The Balaban J connectivity index is 3.58. The van der Waals surface area contributed by atoms with E-state index in [0.717, 1.165) is 19.3 Å². The van der Waals surface area contributed by atoms with Crippen LogP contribution in [0.5, 0.6) is 0 Å². The molecular formula is C13H23NO2. The highest BCUT2D eigenvalue weighted by Crippen LogP contribution is 2.24. The van der Waals surface area contributed by atoms with Gasteiger partial charge in [0, 0.05) is 0 Å². The quantitative estimate of drug-likeness (QED) is 0.608. The lowest BCUT2D eigenvalue weighted by molar-refractivity contribution is -0.145. The number of carbonyl (C=O) groups is 1. The highest BCUT2D eigenvalue weighted by atomic mass is 16.4. The number of nitrogens with zero attached hydrogens (tertiary/aromatic N) is 1. The van der Waals surface area contributed by atoms with E-state index in [2.05, 4.69) is 6.92 Å². The SMILES string of the molecule is CCCCCCCCC[C@](C)(C#N)C(=O)O. The van der Waals surface area contributed by atoms with Crippen LogP contribution in [-0.4, -0.2) is 11.1 Å². The molecule has 0 radical (unpaired) electrons. The minimum absolute atomic E-state index is 0.465. The van der Waals surface area contributed by atoms with E-state index < -0.39 is 11.4 Å². The van der Waals surface area contributed by atoms with Crippen molar-refractivity contribution < 1.29 is 9.90 Å². The van der Waals surface area contributed by atoms with Gasteiger partial charge in [0.15, 0.2) is 5.41 Å². The second-order valence-corrected chi connectivity index (χ2v) is 4.62. The molecule has 0 aromatic rings. The van der Waals surface area contributed by atoms with Crippen LogP contribution in [0.15, 0.2) is 0 Å². The van der Waals surface area contributed by atoms with Crippen molar-refractivity contribution in [2.24, 2.45) is 5.41 Å². The van der Waals surface area contributed by atoms with Crippen molar-refractivity contribution in [1.29, 1.82) is 5.26 Å². The molecule has 0 aromatic heterocycles. The predicted molar refractivity (Wildman–Crippen MR) is 64.0 cm³/mol. The van der Waals surface area contributed by atoms with Crippen molar-refractivity contribution >= 4 is 5.97 Å². The molecule has 0 unspecified atom stereocenters. The van der Waals surface area contributed by atoms with E-state index in [1.54, 1.807) is 0 Å². The number of rotatable bonds is 9. The van der Waals surface area contributed by atoms with Crippen LogP contribution < -0.4 is 0 Å². The first-order chi connectivity index (χ1) is 7.56. The van der Waals surface area contributed by atoms with Gasteiger partial charge in [0.2, 0.25) is 0 Å². The molecule has 0 fully saturated rings. The molecule has 0 aliphatic carbocycles. The summed E-state index contributed by atoms with van der Waals surface area (Å²) in [5.74, 6) is -0.999. The molecule has 0 amide bonds. The van der Waals surface area contributed by atoms with E-state index in [1.165, 1.54) is 32.6 Å². The van der Waals surface area contributed by atoms with Gasteiger partial charge in [0.25, 0.3) is 0 Å². The van der Waals surface area contributed by atoms with Crippen LogP contribution in [0.4, 0.5) is 0 Å². The van der Waals surface area contributed by atoms with Crippen LogP contribution in [0, 0.1) is 16.7 Å². The van der Waals surface area contributed by atoms with Gasteiger partial charge in [-0.25, -0.2) is 0 Å². The fourth-order valence-corrected chi connectivity index (χ4v) is 1.65. The summed E-state index contributed by atoms with van der Waals surface area (Å²) in [6.07, 6.45) is 8.51. The molecule has 0 aromatic carbocycles. The molecule has 0 saturated carbocycles. The number of nitriles is 1. The average molecular weight is 225 g/mol. The summed E-state index contributed by atoms with van der Waals surface area (Å²) >= 11 is 0. The number of aliphatic carboxylic acids is 1. The monoisotopic (exact) mass is 225 g/mol. The van der Waals surface area contributed by atoms with Gasteiger partial charge in [-0.1, -0.05) is 51.9 Å². The Morgan fingerprint density at radius 3 is 2.12 bits per heavy atom. The Bertz CT molecular complexity index is 245. The summed E-state index contributed by atoms with van der Waals surface area (Å²) in [6.45, 7) is 3.69. The molecule has 0 aliphatic heterocycles. The van der Waals surface area contributed by atoms with Gasteiger partial charge in [-0.15, -0.1) is 0 Å². The number of carboxylic acid groups (broad SMARTS) is 1. The molecule has 1 atom stereocenters. The fourth-order valence-electron chi connectivity index (χ4n) is 1.65. The highest BCUT2D eigenvalue weighted by Gasteiger charge is 2.32. The third kappa shape index (κ3) is 5.75. The zero-order valence-corrected chi connectivity index (χ0v) is 10.5. The van der Waals surface area contributed by atoms with Gasteiger partial charge in [0.1, 0.15) is 0 Å². The molecular weight excluding hydrogens is 202 g/mol. The van der Waals surface area contributed by atoms with Crippen molar-refractivity contribution in [1.82, 2.24) is 0 Å². The smallest absolute Gasteiger partial charge is 0.323 e. The summed E-state index contributed by atoms with van der Waals surface area (Å²) in [5, 5.41) is 17.7. The van der Waals surface area contributed by atoms with Gasteiger partial charge in [0.05, 0.1) is 6.07 Å². The van der Waals surface area contributed by atoms with Gasteiger partial charge in [-0.05, 0) is 13.3 Å². The number of unbranched alkanes of at least 4 members (excludes halogenated alkanes) is 6. The Hall–Kier alpha value is -1.04. The van der Waals surface area contributed by atoms with E-state index in [0.29, 0.717) is 6.42 Å². The normalized spacial score (nSPS) is 14.1. The second kappa shape index (κ2) is 8.15. The lowest BCUT2D eigenvalue weighted by Crippen LogP contribution is -2.25. The second-order valence-electron chi connectivity index (χ2n) is 4.62. The van der Waals surface area contributed by atoms with Crippen LogP contribution in [0.2, 0.25) is 0 Å². The van der Waals surface area contributed by atoms with Gasteiger partial charge < -0.3 is 5.11 Å². The molecule has 0 spiro atoms. The zero-order chi connectivity index (χ0) is 12.4. The Kier molecular flexibility index (Phi) is 7.62. The molecule has 1 N–H and O–H groups in total. The molecule has 16 heavy (non-hydrogen) atoms. The van der Waals surface area contributed by atoms with E-state index in [1.807, 2.05) is 6.07 Å². The summed E-state index contributed by atoms with van der Waals surface area (Å²) in [5.41, 5.74) is -1.19. The maximum Gasteiger partial charge on any atom is 0.323 e. The van der Waals surface area contributed by atoms with Gasteiger partial charge >= 0.3 is 5.97 Å². The largest absolute Gasteiger partial charge is 0.480 e. The molecule has 3 heteroatoms. The Morgan fingerprint density at radius 1 is 1.19 bits per heavy atom. The van der Waals surface area contributed by atoms with Crippen LogP contribution >= 0.6 is 0 Å². The number of carboxylic acids is 1. The molecule has 92 valence electrons.